The van der Waals surface area contributed by atoms with Crippen molar-refractivity contribution in [2.24, 2.45) is 5.92 Å². The van der Waals surface area contributed by atoms with Gasteiger partial charge in [0.15, 0.2) is 5.13 Å². The summed E-state index contributed by atoms with van der Waals surface area (Å²) in [5, 5.41) is 8.84. The van der Waals surface area contributed by atoms with Crippen molar-refractivity contribution in [1.82, 2.24) is 10.3 Å². The number of amides is 1. The van der Waals surface area contributed by atoms with Crippen LogP contribution in [0.4, 0.5) is 5.13 Å². The second-order valence-electron chi connectivity index (χ2n) is 4.50. The molecule has 17 heavy (non-hydrogen) atoms. The highest BCUT2D eigenvalue weighted by Gasteiger charge is 2.13. The van der Waals surface area contributed by atoms with Crippen LogP contribution in [0.1, 0.15) is 33.4 Å². The van der Waals surface area contributed by atoms with Crippen LogP contribution < -0.4 is 10.6 Å². The highest BCUT2D eigenvalue weighted by atomic mass is 32.1. The molecule has 1 heterocycles. The van der Waals surface area contributed by atoms with Gasteiger partial charge in [-0.3, -0.25) is 4.79 Å². The molecule has 1 aromatic rings. The number of hydrogen-bond donors (Lipinski definition) is 2. The van der Waals surface area contributed by atoms with E-state index >= 15 is 0 Å². The summed E-state index contributed by atoms with van der Waals surface area (Å²) in [6.07, 6.45) is 0.923. The predicted octanol–water partition coefficient (Wildman–Crippen LogP) is 2.28. The Balaban J connectivity index is 2.42. The Morgan fingerprint density at radius 2 is 2.18 bits per heavy atom. The first-order valence-corrected chi connectivity index (χ1v) is 6.89. The number of anilines is 1. The van der Waals surface area contributed by atoms with Crippen molar-refractivity contribution < 1.29 is 4.79 Å². The number of aryl methyl sites for hydroxylation is 1. The van der Waals surface area contributed by atoms with Crippen molar-refractivity contribution in [2.45, 2.75) is 40.2 Å². The number of nitrogens with zero attached hydrogens (tertiary/aromatic N) is 1. The van der Waals surface area contributed by atoms with Crippen molar-refractivity contribution >= 4 is 22.4 Å². The summed E-state index contributed by atoms with van der Waals surface area (Å²) in [5.41, 5.74) is 1.06. The summed E-state index contributed by atoms with van der Waals surface area (Å²) in [6, 6.07) is -0.246. The minimum absolute atomic E-state index is 0.0203. The molecule has 0 fully saturated rings. The standard InChI is InChI=1S/C12H21N3OS/c1-5-10-7-17-12(15-10)14-9(4)11(16)13-6-8(2)3/h7-9H,5-6H2,1-4H3,(H,13,16)(H,14,15). The van der Waals surface area contributed by atoms with Crippen molar-refractivity contribution in [1.29, 1.82) is 0 Å². The van der Waals surface area contributed by atoms with Gasteiger partial charge in [0.2, 0.25) is 5.91 Å². The van der Waals surface area contributed by atoms with Crippen LogP contribution >= 0.6 is 11.3 Å². The van der Waals surface area contributed by atoms with Gasteiger partial charge in [-0.1, -0.05) is 20.8 Å². The van der Waals surface area contributed by atoms with E-state index in [2.05, 4.69) is 36.4 Å². The van der Waals surface area contributed by atoms with Crippen LogP contribution in [-0.2, 0) is 11.2 Å². The Kier molecular flexibility index (Phi) is 5.41. The van der Waals surface area contributed by atoms with E-state index in [1.807, 2.05) is 12.3 Å². The van der Waals surface area contributed by atoms with Crippen molar-refractivity contribution in [2.75, 3.05) is 11.9 Å². The van der Waals surface area contributed by atoms with Crippen LogP contribution in [0.15, 0.2) is 5.38 Å². The van der Waals surface area contributed by atoms with Gasteiger partial charge in [0, 0.05) is 11.9 Å². The van der Waals surface area contributed by atoms with Gasteiger partial charge in [-0.2, -0.15) is 0 Å². The van der Waals surface area contributed by atoms with E-state index in [0.29, 0.717) is 12.5 Å². The number of rotatable bonds is 6. The van der Waals surface area contributed by atoms with E-state index in [1.165, 1.54) is 0 Å². The molecule has 0 bridgehead atoms. The summed E-state index contributed by atoms with van der Waals surface area (Å²) in [7, 11) is 0. The van der Waals surface area contributed by atoms with Crippen LogP contribution in [0, 0.1) is 5.92 Å². The first-order valence-electron chi connectivity index (χ1n) is 6.01. The Morgan fingerprint density at radius 1 is 1.47 bits per heavy atom. The van der Waals surface area contributed by atoms with E-state index in [9.17, 15) is 4.79 Å². The lowest BCUT2D eigenvalue weighted by atomic mass is 10.2. The molecule has 0 aliphatic rings. The maximum absolute atomic E-state index is 11.7. The normalized spacial score (nSPS) is 12.5. The number of carbonyl (C=O) groups excluding carboxylic acids is 1. The number of hydrogen-bond acceptors (Lipinski definition) is 4. The molecule has 0 radical (unpaired) electrons. The third kappa shape index (κ3) is 4.73. The van der Waals surface area contributed by atoms with Crippen LogP contribution in [0.3, 0.4) is 0 Å². The Bertz CT molecular complexity index is 362. The molecule has 0 aromatic carbocycles. The number of thiazole rings is 1. The van der Waals surface area contributed by atoms with Gasteiger partial charge in [0.25, 0.3) is 0 Å². The molecule has 1 rings (SSSR count). The van der Waals surface area contributed by atoms with Crippen molar-refractivity contribution in [3.05, 3.63) is 11.1 Å². The summed E-state index contributed by atoms with van der Waals surface area (Å²) < 4.78 is 0. The largest absolute Gasteiger partial charge is 0.354 e. The molecule has 0 spiro atoms. The molecule has 0 aliphatic carbocycles. The zero-order valence-corrected chi connectivity index (χ0v) is 11.7. The molecule has 0 aliphatic heterocycles. The number of carbonyl (C=O) groups is 1. The Labute approximate surface area is 107 Å². The molecule has 1 amide bonds. The summed E-state index contributed by atoms with van der Waals surface area (Å²) in [5.74, 6) is 0.490. The Hall–Kier alpha value is -1.10. The fourth-order valence-corrected chi connectivity index (χ4v) is 2.13. The van der Waals surface area contributed by atoms with Gasteiger partial charge < -0.3 is 10.6 Å². The molecule has 1 aromatic heterocycles. The predicted molar refractivity (Wildman–Crippen MR) is 72.4 cm³/mol. The van der Waals surface area contributed by atoms with E-state index in [0.717, 1.165) is 17.2 Å². The van der Waals surface area contributed by atoms with Crippen LogP contribution in [0.25, 0.3) is 0 Å². The van der Waals surface area contributed by atoms with Gasteiger partial charge in [-0.25, -0.2) is 4.98 Å². The van der Waals surface area contributed by atoms with E-state index < -0.39 is 0 Å². The third-order valence-electron chi connectivity index (χ3n) is 2.33. The van der Waals surface area contributed by atoms with E-state index in [-0.39, 0.29) is 11.9 Å². The number of aromatic nitrogens is 1. The fourth-order valence-electron chi connectivity index (χ4n) is 1.24. The lowest BCUT2D eigenvalue weighted by Crippen LogP contribution is -2.39. The minimum atomic E-state index is -0.246. The molecular weight excluding hydrogens is 234 g/mol. The first-order chi connectivity index (χ1) is 8.02. The first kappa shape index (κ1) is 14.0. The van der Waals surface area contributed by atoms with Gasteiger partial charge >= 0.3 is 0 Å². The molecule has 4 nitrogen and oxygen atoms in total. The SMILES string of the molecule is CCc1csc(NC(C)C(=O)NCC(C)C)n1. The molecule has 5 heteroatoms. The van der Waals surface area contributed by atoms with Gasteiger partial charge in [0.05, 0.1) is 5.69 Å². The van der Waals surface area contributed by atoms with Crippen molar-refractivity contribution in [3.8, 4) is 0 Å². The molecule has 0 saturated carbocycles. The van der Waals surface area contributed by atoms with E-state index in [1.54, 1.807) is 11.3 Å². The summed E-state index contributed by atoms with van der Waals surface area (Å²) >= 11 is 1.54. The lowest BCUT2D eigenvalue weighted by Gasteiger charge is -2.14. The van der Waals surface area contributed by atoms with Crippen molar-refractivity contribution in [3.63, 3.8) is 0 Å². The average molecular weight is 255 g/mol. The molecular formula is C12H21N3OS. The maximum atomic E-state index is 11.7. The molecule has 2 N–H and O–H groups in total. The fraction of sp³-hybridized carbons (Fsp3) is 0.667. The van der Waals surface area contributed by atoms with E-state index in [4.69, 9.17) is 0 Å². The molecule has 0 saturated heterocycles. The highest BCUT2D eigenvalue weighted by molar-refractivity contribution is 7.13. The van der Waals surface area contributed by atoms with Gasteiger partial charge in [-0.15, -0.1) is 11.3 Å². The Morgan fingerprint density at radius 3 is 2.71 bits per heavy atom. The zero-order chi connectivity index (χ0) is 12.8. The van der Waals surface area contributed by atoms with Crippen LogP contribution in [0.2, 0.25) is 0 Å². The van der Waals surface area contributed by atoms with Crippen LogP contribution in [0.5, 0.6) is 0 Å². The minimum Gasteiger partial charge on any atom is -0.354 e. The third-order valence-corrected chi connectivity index (χ3v) is 3.15. The molecule has 1 atom stereocenters. The summed E-state index contributed by atoms with van der Waals surface area (Å²) in [6.45, 7) is 8.78. The summed E-state index contributed by atoms with van der Waals surface area (Å²) in [4.78, 5) is 16.1. The number of nitrogens with one attached hydrogen (secondary N) is 2. The average Bonchev–Trinajstić information content (AvgIpc) is 2.73. The second-order valence-corrected chi connectivity index (χ2v) is 5.36. The highest BCUT2D eigenvalue weighted by Crippen LogP contribution is 2.16. The maximum Gasteiger partial charge on any atom is 0.242 e. The topological polar surface area (TPSA) is 54.0 Å². The van der Waals surface area contributed by atoms with Crippen LogP contribution in [-0.4, -0.2) is 23.5 Å². The lowest BCUT2D eigenvalue weighted by molar-refractivity contribution is -0.121. The smallest absolute Gasteiger partial charge is 0.242 e. The van der Waals surface area contributed by atoms with Gasteiger partial charge in [-0.05, 0) is 19.3 Å². The zero-order valence-electron chi connectivity index (χ0n) is 10.9. The molecule has 96 valence electrons. The quantitative estimate of drug-likeness (QED) is 0.820. The molecule has 1 unspecified atom stereocenters. The monoisotopic (exact) mass is 255 g/mol. The van der Waals surface area contributed by atoms with Gasteiger partial charge in [0.1, 0.15) is 6.04 Å². The second kappa shape index (κ2) is 6.59.